The Balaban J connectivity index is 2.16. The van der Waals surface area contributed by atoms with Gasteiger partial charge < -0.3 is 0 Å². The molecule has 2 rings (SSSR count). The van der Waals surface area contributed by atoms with Gasteiger partial charge in [-0.25, -0.2) is 4.98 Å². The van der Waals surface area contributed by atoms with E-state index < -0.39 is 10.8 Å². The highest BCUT2D eigenvalue weighted by Crippen LogP contribution is 2.25. The highest BCUT2D eigenvalue weighted by Gasteiger charge is 2.15. The fourth-order valence-electron chi connectivity index (χ4n) is 1.13. The van der Waals surface area contributed by atoms with Gasteiger partial charge >= 0.3 is 5.00 Å². The first-order chi connectivity index (χ1) is 8.58. The minimum atomic E-state index is -0.577. The molecule has 0 aliphatic heterocycles. The first kappa shape index (κ1) is 12.4. The van der Waals surface area contributed by atoms with E-state index in [0.717, 1.165) is 17.5 Å². The number of carbonyl (C=O) groups is 1. The van der Waals surface area contributed by atoms with Gasteiger partial charge in [0.1, 0.15) is 6.20 Å². The van der Waals surface area contributed by atoms with Gasteiger partial charge in [0.15, 0.2) is 5.13 Å². The van der Waals surface area contributed by atoms with Crippen LogP contribution in [0.1, 0.15) is 10.4 Å². The van der Waals surface area contributed by atoms with E-state index in [1.807, 2.05) is 0 Å². The molecule has 2 aromatic heterocycles. The number of hydrogen-bond donors (Lipinski definition) is 1. The zero-order valence-electron chi connectivity index (χ0n) is 8.66. The predicted molar refractivity (Wildman–Crippen MR) is 66.0 cm³/mol. The van der Waals surface area contributed by atoms with E-state index in [1.54, 1.807) is 0 Å². The number of thiazole rings is 1. The summed E-state index contributed by atoms with van der Waals surface area (Å²) in [6.45, 7) is 0. The van der Waals surface area contributed by atoms with Crippen LogP contribution in [-0.4, -0.2) is 20.8 Å². The molecule has 0 saturated carbocycles. The number of pyridine rings is 1. The molecule has 2 heterocycles. The Kier molecular flexibility index (Phi) is 3.49. The zero-order chi connectivity index (χ0) is 13.1. The number of hydrogen-bond acceptors (Lipinski definition) is 6. The van der Waals surface area contributed by atoms with E-state index in [4.69, 9.17) is 11.6 Å². The standard InChI is InChI=1S/C9H5ClN4O3S/c10-6-3-11-2-1-5(6)8(15)13-9-12-4-7(18-9)14(16)17/h1-4H,(H,12,13,15). The first-order valence-electron chi connectivity index (χ1n) is 4.59. The van der Waals surface area contributed by atoms with Gasteiger partial charge in [-0.15, -0.1) is 0 Å². The number of halogens is 1. The average molecular weight is 285 g/mol. The van der Waals surface area contributed by atoms with Gasteiger partial charge in [0, 0.05) is 12.4 Å². The predicted octanol–water partition coefficient (Wildman–Crippen LogP) is 2.35. The Morgan fingerprint density at radius 3 is 2.89 bits per heavy atom. The summed E-state index contributed by atoms with van der Waals surface area (Å²) in [5.41, 5.74) is 0.226. The molecule has 0 aliphatic carbocycles. The molecule has 0 unspecified atom stereocenters. The number of nitrogens with zero attached hydrogens (tertiary/aromatic N) is 3. The second kappa shape index (κ2) is 5.07. The lowest BCUT2D eigenvalue weighted by atomic mass is 10.2. The number of amides is 1. The quantitative estimate of drug-likeness (QED) is 0.689. The Morgan fingerprint density at radius 2 is 2.28 bits per heavy atom. The number of rotatable bonds is 3. The molecule has 1 N–H and O–H groups in total. The van der Waals surface area contributed by atoms with Gasteiger partial charge in [-0.3, -0.25) is 25.2 Å². The summed E-state index contributed by atoms with van der Waals surface area (Å²) in [6, 6.07) is 1.44. The number of anilines is 1. The monoisotopic (exact) mass is 284 g/mol. The summed E-state index contributed by atoms with van der Waals surface area (Å²) in [7, 11) is 0. The minimum Gasteiger partial charge on any atom is -0.298 e. The molecule has 18 heavy (non-hydrogen) atoms. The van der Waals surface area contributed by atoms with Crippen molar-refractivity contribution in [3.05, 3.63) is 45.4 Å². The fraction of sp³-hybridized carbons (Fsp3) is 0. The van der Waals surface area contributed by atoms with E-state index in [9.17, 15) is 14.9 Å². The van der Waals surface area contributed by atoms with E-state index >= 15 is 0 Å². The van der Waals surface area contributed by atoms with Crippen LogP contribution in [0, 0.1) is 10.1 Å². The molecular weight excluding hydrogens is 280 g/mol. The van der Waals surface area contributed by atoms with E-state index in [0.29, 0.717) is 0 Å². The Hall–Kier alpha value is -2.06. The van der Waals surface area contributed by atoms with E-state index in [-0.39, 0.29) is 20.7 Å². The van der Waals surface area contributed by atoms with Crippen LogP contribution in [0.5, 0.6) is 0 Å². The normalized spacial score (nSPS) is 10.1. The van der Waals surface area contributed by atoms with Gasteiger partial charge in [0.2, 0.25) is 0 Å². The maximum atomic E-state index is 11.8. The van der Waals surface area contributed by atoms with Crippen LogP contribution in [0.2, 0.25) is 5.02 Å². The van der Waals surface area contributed by atoms with Crippen LogP contribution in [0.25, 0.3) is 0 Å². The van der Waals surface area contributed by atoms with Gasteiger partial charge in [0.25, 0.3) is 5.91 Å². The Labute approximate surface area is 110 Å². The Bertz CT molecular complexity index is 615. The molecule has 0 radical (unpaired) electrons. The molecular formula is C9H5ClN4O3S. The minimum absolute atomic E-state index is 0.138. The summed E-state index contributed by atoms with van der Waals surface area (Å²) in [4.78, 5) is 29.1. The number of carbonyl (C=O) groups excluding carboxylic acids is 1. The van der Waals surface area contributed by atoms with Crippen molar-refractivity contribution >= 4 is 39.0 Å². The maximum Gasteiger partial charge on any atom is 0.345 e. The van der Waals surface area contributed by atoms with Gasteiger partial charge in [0.05, 0.1) is 15.5 Å². The second-order valence-corrected chi connectivity index (χ2v) is 4.49. The van der Waals surface area contributed by atoms with E-state index in [2.05, 4.69) is 15.3 Å². The van der Waals surface area contributed by atoms with Gasteiger partial charge in [-0.1, -0.05) is 11.6 Å². The number of nitro groups is 1. The average Bonchev–Trinajstić information content (AvgIpc) is 2.78. The smallest absolute Gasteiger partial charge is 0.298 e. The third-order valence-corrected chi connectivity index (χ3v) is 3.08. The van der Waals surface area contributed by atoms with Crippen molar-refractivity contribution in [3.63, 3.8) is 0 Å². The molecule has 0 aliphatic rings. The van der Waals surface area contributed by atoms with Gasteiger partial charge in [-0.05, 0) is 17.4 Å². The van der Waals surface area contributed by atoms with Crippen molar-refractivity contribution in [2.45, 2.75) is 0 Å². The van der Waals surface area contributed by atoms with Crippen LogP contribution < -0.4 is 5.32 Å². The van der Waals surface area contributed by atoms with Gasteiger partial charge in [-0.2, -0.15) is 0 Å². The molecule has 0 aromatic carbocycles. The molecule has 0 spiro atoms. The zero-order valence-corrected chi connectivity index (χ0v) is 10.2. The lowest BCUT2D eigenvalue weighted by Crippen LogP contribution is -2.12. The SMILES string of the molecule is O=C(Nc1ncc([N+](=O)[O-])s1)c1ccncc1Cl. The molecule has 9 heteroatoms. The summed E-state index contributed by atoms with van der Waals surface area (Å²) < 4.78 is 0. The highest BCUT2D eigenvalue weighted by atomic mass is 35.5. The molecule has 1 amide bonds. The van der Waals surface area contributed by atoms with Crippen molar-refractivity contribution < 1.29 is 9.72 Å². The number of aromatic nitrogens is 2. The molecule has 0 fully saturated rings. The molecule has 7 nitrogen and oxygen atoms in total. The lowest BCUT2D eigenvalue weighted by molar-refractivity contribution is -0.380. The topological polar surface area (TPSA) is 98.0 Å². The highest BCUT2D eigenvalue weighted by molar-refractivity contribution is 7.18. The Morgan fingerprint density at radius 1 is 1.50 bits per heavy atom. The second-order valence-electron chi connectivity index (χ2n) is 3.07. The van der Waals surface area contributed by atoms with Crippen LogP contribution in [0.4, 0.5) is 10.1 Å². The van der Waals surface area contributed by atoms with Crippen molar-refractivity contribution in [2.75, 3.05) is 5.32 Å². The number of nitrogens with one attached hydrogen (secondary N) is 1. The molecule has 0 saturated heterocycles. The molecule has 0 bridgehead atoms. The third kappa shape index (κ3) is 2.60. The first-order valence-corrected chi connectivity index (χ1v) is 5.78. The lowest BCUT2D eigenvalue weighted by Gasteiger charge is -2.02. The van der Waals surface area contributed by atoms with Crippen molar-refractivity contribution in [1.82, 2.24) is 9.97 Å². The van der Waals surface area contributed by atoms with Crippen LogP contribution in [0.3, 0.4) is 0 Å². The summed E-state index contributed by atoms with van der Waals surface area (Å²) in [5.74, 6) is -0.494. The molecule has 92 valence electrons. The largest absolute Gasteiger partial charge is 0.345 e. The van der Waals surface area contributed by atoms with E-state index in [1.165, 1.54) is 18.5 Å². The van der Waals surface area contributed by atoms with Crippen LogP contribution in [-0.2, 0) is 0 Å². The van der Waals surface area contributed by atoms with Crippen molar-refractivity contribution in [3.8, 4) is 0 Å². The fourth-order valence-corrected chi connectivity index (χ4v) is 1.96. The van der Waals surface area contributed by atoms with Crippen LogP contribution in [0.15, 0.2) is 24.7 Å². The summed E-state index contributed by atoms with van der Waals surface area (Å²) in [6.07, 6.45) is 3.83. The molecule has 0 atom stereocenters. The van der Waals surface area contributed by atoms with Crippen LogP contribution >= 0.6 is 22.9 Å². The van der Waals surface area contributed by atoms with Crippen molar-refractivity contribution in [1.29, 1.82) is 0 Å². The summed E-state index contributed by atoms with van der Waals surface area (Å²) in [5, 5.41) is 13.1. The molecule has 2 aromatic rings. The third-order valence-electron chi connectivity index (χ3n) is 1.91. The maximum absolute atomic E-state index is 11.8. The van der Waals surface area contributed by atoms with Crippen molar-refractivity contribution in [2.24, 2.45) is 0 Å². The summed E-state index contributed by atoms with van der Waals surface area (Å²) >= 11 is 6.56.